The van der Waals surface area contributed by atoms with Crippen LogP contribution in [0.2, 0.25) is 0 Å². The average Bonchev–Trinajstić information content (AvgIpc) is 3.78. The van der Waals surface area contributed by atoms with Crippen molar-refractivity contribution in [2.45, 2.75) is 42.5 Å². The number of H-pyrrole nitrogens is 1. The first-order chi connectivity index (χ1) is 32.9. The Morgan fingerprint density at radius 1 is 0.681 bits per heavy atom. The summed E-state index contributed by atoms with van der Waals surface area (Å²) in [6.45, 7) is 7.14. The molecule has 380 valence electrons. The quantitative estimate of drug-likeness (QED) is 0.0630. The van der Waals surface area contributed by atoms with Gasteiger partial charge in [0.15, 0.2) is 17.2 Å². The number of nitrogens with one attached hydrogen (secondary N) is 2. The smallest absolute Gasteiger partial charge is 0.855 e. The van der Waals surface area contributed by atoms with Gasteiger partial charge in [-0.15, -0.1) is 6.61 Å². The van der Waals surface area contributed by atoms with Gasteiger partial charge in [0.1, 0.15) is 0 Å². The number of fused-ring (bicyclic) bond motifs is 1. The Kier molecular flexibility index (Phi) is 31.4. The van der Waals surface area contributed by atoms with Crippen LogP contribution in [-0.2, 0) is 0 Å². The van der Waals surface area contributed by atoms with Crippen molar-refractivity contribution >= 4 is 51.3 Å². The molecule has 0 fully saturated rings. The van der Waals surface area contributed by atoms with Crippen molar-refractivity contribution in [2.24, 2.45) is 0 Å². The number of hydrogen-bond donors (Lipinski definition) is 5. The summed E-state index contributed by atoms with van der Waals surface area (Å²) in [4.78, 5) is 68.8. The Morgan fingerprint density at radius 3 is 1.54 bits per heavy atom. The van der Waals surface area contributed by atoms with Crippen LogP contribution in [0.5, 0.6) is 17.2 Å². The third-order valence-corrected chi connectivity index (χ3v) is 8.64. The van der Waals surface area contributed by atoms with Crippen LogP contribution in [0.3, 0.4) is 0 Å². The van der Waals surface area contributed by atoms with E-state index in [0.717, 1.165) is 39.7 Å². The van der Waals surface area contributed by atoms with E-state index in [1.165, 1.54) is 57.7 Å². The van der Waals surface area contributed by atoms with Crippen LogP contribution >= 0.6 is 0 Å². The Morgan fingerprint density at radius 2 is 1.11 bits per heavy atom. The fourth-order valence-corrected chi connectivity index (χ4v) is 5.36. The number of hydrogen-bond acceptors (Lipinski definition) is 17. The van der Waals surface area contributed by atoms with Crippen molar-refractivity contribution in [1.29, 1.82) is 0 Å². The molecule has 0 saturated carbocycles. The van der Waals surface area contributed by atoms with Crippen LogP contribution in [0.15, 0.2) is 116 Å². The fraction of sp³-hybridized carbons (Fsp3) is 0.229. The van der Waals surface area contributed by atoms with Gasteiger partial charge in [0.05, 0.1) is 75.5 Å². The maximum Gasteiger partial charge on any atom is 1.00 e. The number of carboxylic acids is 1. The number of ether oxygens (including phenoxy) is 3. The van der Waals surface area contributed by atoms with E-state index in [9.17, 15) is 39.9 Å². The van der Waals surface area contributed by atoms with E-state index in [1.54, 1.807) is 63.6 Å². The molecule has 4 aromatic heterocycles. The molecule has 0 aliphatic heterocycles. The molecule has 0 unspecified atom stereocenters. The van der Waals surface area contributed by atoms with E-state index in [-0.39, 0.29) is 103 Å². The number of rotatable bonds is 10. The maximum absolute atomic E-state index is 12.1. The van der Waals surface area contributed by atoms with Crippen LogP contribution in [0, 0.1) is 44.2 Å². The van der Waals surface area contributed by atoms with Gasteiger partial charge in [0.2, 0.25) is 0 Å². The van der Waals surface area contributed by atoms with Gasteiger partial charge in [-0.05, 0) is 99.6 Å². The van der Waals surface area contributed by atoms with Gasteiger partial charge in [-0.3, -0.25) is 50.1 Å². The number of aromatic nitrogens is 4. The van der Waals surface area contributed by atoms with E-state index in [4.69, 9.17) is 35.3 Å². The third-order valence-electron chi connectivity index (χ3n) is 8.64. The van der Waals surface area contributed by atoms with Gasteiger partial charge in [-0.1, -0.05) is 21.8 Å². The van der Waals surface area contributed by atoms with Crippen molar-refractivity contribution in [3.05, 3.63) is 169 Å². The van der Waals surface area contributed by atoms with E-state index in [0.29, 0.717) is 11.4 Å². The normalized spacial score (nSPS) is 9.24. The van der Waals surface area contributed by atoms with E-state index >= 15 is 0 Å². The number of aromatic carboxylic acids is 1. The van der Waals surface area contributed by atoms with Gasteiger partial charge < -0.3 is 45.6 Å². The number of carboxylic acid groups (broad SMARTS) is 1. The zero-order valence-electron chi connectivity index (χ0n) is 39.4. The van der Waals surface area contributed by atoms with E-state index in [2.05, 4.69) is 25.3 Å². The van der Waals surface area contributed by atoms with E-state index in [1.807, 2.05) is 37.3 Å². The minimum absolute atomic E-state index is 0. The zero-order valence-corrected chi connectivity index (χ0v) is 41.4. The van der Waals surface area contributed by atoms with Crippen LogP contribution in [0.1, 0.15) is 60.8 Å². The summed E-state index contributed by atoms with van der Waals surface area (Å²) >= 11 is 0. The minimum atomic E-state index is -1.21. The summed E-state index contributed by atoms with van der Waals surface area (Å²) in [7, 11) is 4.03. The predicted octanol–water partition coefficient (Wildman–Crippen LogP) is 5.62. The second-order valence-electron chi connectivity index (χ2n) is 13.2. The summed E-state index contributed by atoms with van der Waals surface area (Å²) in [5.74, 6) is -1.27. The number of nitrogens with two attached hydrogens (primary N) is 1. The van der Waals surface area contributed by atoms with Crippen LogP contribution in [0.4, 0.5) is 28.4 Å². The average molecular weight is 1010 g/mol. The number of aliphatic hydroxyl groups is 1. The molecule has 0 saturated heterocycles. The Hall–Kier alpha value is -8.09. The molecule has 4 heterocycles. The molecule has 0 aliphatic carbocycles. The number of aryl methyl sites for hydroxylation is 2. The van der Waals surface area contributed by atoms with Gasteiger partial charge in [0.25, 0.3) is 5.91 Å². The molecule has 0 bridgehead atoms. The van der Waals surface area contributed by atoms with Gasteiger partial charge >= 0.3 is 52.6 Å². The number of nitro benzene ring substituents is 3. The largest absolute Gasteiger partial charge is 1.00 e. The summed E-state index contributed by atoms with van der Waals surface area (Å²) in [5, 5.41) is 60.2. The number of pyridine rings is 3. The number of nitrogen functional groups attached to an aromatic ring is 1. The van der Waals surface area contributed by atoms with Crippen molar-refractivity contribution in [1.82, 2.24) is 19.9 Å². The third kappa shape index (κ3) is 20.5. The van der Waals surface area contributed by atoms with E-state index < -0.39 is 26.6 Å². The van der Waals surface area contributed by atoms with Crippen molar-refractivity contribution < 1.29 is 83.4 Å². The minimum Gasteiger partial charge on any atom is -0.855 e. The first-order valence-electron chi connectivity index (χ1n) is 20.1. The number of benzene rings is 3. The number of methoxy groups -OCH3 is 3. The zero-order chi connectivity index (χ0) is 51.6. The Bertz CT molecular complexity index is 2770. The Labute approximate surface area is 437 Å². The summed E-state index contributed by atoms with van der Waals surface area (Å²) in [5.41, 5.74) is 10.9. The molecule has 0 radical (unpaired) electrons. The molecule has 24 heteroatoms. The van der Waals surface area contributed by atoms with Crippen molar-refractivity contribution in [2.75, 3.05) is 45.6 Å². The molecular weight excluding hydrogens is 950 g/mol. The van der Waals surface area contributed by atoms with Crippen LogP contribution < -0.4 is 59.9 Å². The van der Waals surface area contributed by atoms with Gasteiger partial charge in [0, 0.05) is 60.2 Å². The molecule has 6 N–H and O–H groups in total. The molecule has 23 nitrogen and oxygen atoms in total. The standard InChI is InChI=1S/C14H13N3O4.C14H11N3O3.C8H7NO5.C6H8N2.C2H6O.C2H5O.2CH4.Na/c1-9-11(4-3-7-15-9)16-14(18)10-5-6-13(21-2)12(8-10)17(19)20;1-20-14-5-4-9(7-13(14)17(18)19)11-8-12-10(16-11)3-2-6-15-12;1-14-7-3-2-5(8(10)11)4-6(7)9(12)13;1-5-6(7)3-2-4-8-5;2*1-2-3;;;/h3-8H,1-2H3,(H,16,18);2-8,16H,1H3;2-4H,1H3,(H,10,11);2-4H,7H2,1H3;3H,2H2,1H3;2H2,1H3;2*1H4;/q;;;;;-1;;;+1. The molecule has 3 aromatic carbocycles. The van der Waals surface area contributed by atoms with Gasteiger partial charge in [-0.2, -0.15) is 0 Å². The SMILES string of the molecule is C.C.CCO.CC[O-].COc1ccc(-c2cc3ncccc3[nH]2)cc1[N+](=O)[O-].COc1ccc(C(=O)Nc2cccnc2C)cc1[N+](=O)[O-].COc1ccc(C(=O)O)cc1[N+](=O)[O-].Cc1ncccc1N.[Na+]. The number of carbonyl (C=O) groups is 2. The number of aliphatic hydroxyl groups excluding tert-OH is 1. The van der Waals surface area contributed by atoms with Crippen molar-refractivity contribution in [3.8, 4) is 28.5 Å². The second-order valence-corrected chi connectivity index (χ2v) is 13.2. The molecule has 0 aliphatic rings. The molecule has 7 aromatic rings. The number of amides is 1. The molecule has 0 atom stereocenters. The molecule has 0 spiro atoms. The number of anilines is 2. The van der Waals surface area contributed by atoms with Crippen LogP contribution in [0.25, 0.3) is 22.3 Å². The molecule has 72 heavy (non-hydrogen) atoms. The van der Waals surface area contributed by atoms with Gasteiger partial charge in [-0.25, -0.2) is 4.79 Å². The predicted molar refractivity (Wildman–Crippen MR) is 268 cm³/mol. The monoisotopic (exact) mass is 1010 g/mol. The number of carbonyl (C=O) groups excluding carboxylic acids is 1. The summed E-state index contributed by atoms with van der Waals surface area (Å²) in [6.07, 6.45) is 5.05. The van der Waals surface area contributed by atoms with Crippen LogP contribution in [-0.4, -0.2) is 91.3 Å². The maximum atomic E-state index is 12.1. The first kappa shape index (κ1) is 66.0. The first-order valence-corrected chi connectivity index (χ1v) is 20.1. The van der Waals surface area contributed by atoms with Crippen molar-refractivity contribution in [3.63, 3.8) is 0 Å². The molecular formula is C48H58N9NaO14. The second kappa shape index (κ2) is 34.2. The topological polar surface area (TPSA) is 347 Å². The number of nitrogens with zero attached hydrogens (tertiary/aromatic N) is 6. The number of nitro groups is 3. The number of aromatic amines is 1. The molecule has 7 rings (SSSR count). The summed E-state index contributed by atoms with van der Waals surface area (Å²) < 4.78 is 14.6. The fourth-order valence-electron chi connectivity index (χ4n) is 5.36. The Balaban J connectivity index is 0. The summed E-state index contributed by atoms with van der Waals surface area (Å²) in [6, 6.07) is 25.0. The molecule has 1 amide bonds.